The molecule has 0 aromatic carbocycles. The van der Waals surface area contributed by atoms with Gasteiger partial charge in [-0.2, -0.15) is 0 Å². The van der Waals surface area contributed by atoms with Crippen LogP contribution in [-0.4, -0.2) is 24.5 Å². The molecule has 1 heterocycles. The molecule has 0 atom stereocenters. The van der Waals surface area contributed by atoms with Gasteiger partial charge in [-0.15, -0.1) is 0 Å². The summed E-state index contributed by atoms with van der Waals surface area (Å²) in [5.41, 5.74) is 0. The summed E-state index contributed by atoms with van der Waals surface area (Å²) >= 11 is 5.68. The van der Waals surface area contributed by atoms with Gasteiger partial charge in [0, 0.05) is 6.42 Å². The first-order chi connectivity index (χ1) is 7.22. The Kier molecular flexibility index (Phi) is 5.07. The number of amides is 1. The maximum absolute atomic E-state index is 11.4. The van der Waals surface area contributed by atoms with Crippen LogP contribution >= 0.6 is 11.6 Å². The van der Waals surface area contributed by atoms with Crippen molar-refractivity contribution < 1.29 is 4.79 Å². The van der Waals surface area contributed by atoms with Crippen LogP contribution in [0.25, 0.3) is 0 Å². The van der Waals surface area contributed by atoms with E-state index in [0.717, 1.165) is 13.0 Å². The molecule has 1 amide bonds. The van der Waals surface area contributed by atoms with Crippen molar-refractivity contribution in [3.8, 4) is 0 Å². The van der Waals surface area contributed by atoms with E-state index in [-0.39, 0.29) is 5.91 Å². The van der Waals surface area contributed by atoms with Crippen LogP contribution in [0.5, 0.6) is 0 Å². The van der Waals surface area contributed by atoms with Gasteiger partial charge >= 0.3 is 0 Å². The molecule has 1 aromatic rings. The van der Waals surface area contributed by atoms with Crippen LogP contribution in [0.2, 0.25) is 5.15 Å². The Labute approximate surface area is 94.0 Å². The predicted molar refractivity (Wildman–Crippen MR) is 61.0 cm³/mol. The molecule has 1 aromatic heterocycles. The van der Waals surface area contributed by atoms with E-state index in [0.29, 0.717) is 17.4 Å². The summed E-state index contributed by atoms with van der Waals surface area (Å²) in [5, 5.41) is 6.04. The Hall–Kier alpha value is -1.13. The van der Waals surface area contributed by atoms with E-state index in [4.69, 9.17) is 11.6 Å². The number of nitrogens with zero attached hydrogens (tertiary/aromatic N) is 1. The molecule has 5 heteroatoms. The Morgan fingerprint density at radius 3 is 3.00 bits per heavy atom. The molecule has 1 rings (SSSR count). The van der Waals surface area contributed by atoms with Crippen molar-refractivity contribution in [1.82, 2.24) is 10.3 Å². The molecule has 0 aliphatic heterocycles. The summed E-state index contributed by atoms with van der Waals surface area (Å²) in [6.07, 6.45) is 1.29. The molecule has 0 aliphatic rings. The van der Waals surface area contributed by atoms with Crippen LogP contribution in [0.1, 0.15) is 12.8 Å². The number of carbonyl (C=O) groups is 1. The average molecular weight is 228 g/mol. The first kappa shape index (κ1) is 11.9. The van der Waals surface area contributed by atoms with Crippen LogP contribution in [0.4, 0.5) is 5.82 Å². The third-order valence-electron chi connectivity index (χ3n) is 1.81. The molecule has 0 unspecified atom stereocenters. The highest BCUT2D eigenvalue weighted by Crippen LogP contribution is 2.09. The zero-order chi connectivity index (χ0) is 11.1. The molecule has 4 nitrogen and oxygen atoms in total. The molecular formula is C10H14ClN3O. The standard InChI is InChI=1S/C10H14ClN3O/c1-12-7-3-6-10(15)14-9-5-2-4-8(11)13-9/h2,4-5,12H,3,6-7H2,1H3,(H,13,14,15). The van der Waals surface area contributed by atoms with E-state index in [1.165, 1.54) is 0 Å². The largest absolute Gasteiger partial charge is 0.320 e. The molecule has 0 saturated carbocycles. The SMILES string of the molecule is CNCCCC(=O)Nc1cccc(Cl)n1. The number of hydrogen-bond donors (Lipinski definition) is 2. The van der Waals surface area contributed by atoms with Crippen molar-refractivity contribution in [2.75, 3.05) is 18.9 Å². The number of hydrogen-bond acceptors (Lipinski definition) is 3. The average Bonchev–Trinajstić information content (AvgIpc) is 2.18. The van der Waals surface area contributed by atoms with Gasteiger partial charge in [0.2, 0.25) is 5.91 Å². The number of nitrogens with one attached hydrogen (secondary N) is 2. The van der Waals surface area contributed by atoms with Crippen LogP contribution in [0, 0.1) is 0 Å². The Bertz CT molecular complexity index is 330. The van der Waals surface area contributed by atoms with Gasteiger partial charge < -0.3 is 10.6 Å². The minimum Gasteiger partial charge on any atom is -0.320 e. The smallest absolute Gasteiger partial charge is 0.225 e. The highest BCUT2D eigenvalue weighted by Gasteiger charge is 2.02. The molecular weight excluding hydrogens is 214 g/mol. The van der Waals surface area contributed by atoms with Gasteiger partial charge in [-0.1, -0.05) is 17.7 Å². The van der Waals surface area contributed by atoms with Crippen molar-refractivity contribution in [2.45, 2.75) is 12.8 Å². The summed E-state index contributed by atoms with van der Waals surface area (Å²) in [7, 11) is 1.86. The Morgan fingerprint density at radius 1 is 1.53 bits per heavy atom. The van der Waals surface area contributed by atoms with Gasteiger partial charge in [0.25, 0.3) is 0 Å². The molecule has 15 heavy (non-hydrogen) atoms. The number of pyridine rings is 1. The van der Waals surface area contributed by atoms with Gasteiger partial charge in [-0.25, -0.2) is 4.98 Å². The third-order valence-corrected chi connectivity index (χ3v) is 2.02. The Balaban J connectivity index is 2.37. The van der Waals surface area contributed by atoms with Crippen molar-refractivity contribution in [1.29, 1.82) is 0 Å². The summed E-state index contributed by atoms with van der Waals surface area (Å²) in [6, 6.07) is 5.12. The number of rotatable bonds is 5. The van der Waals surface area contributed by atoms with Crippen molar-refractivity contribution >= 4 is 23.3 Å². The van der Waals surface area contributed by atoms with Gasteiger partial charge in [0.05, 0.1) is 0 Å². The first-order valence-electron chi connectivity index (χ1n) is 4.79. The Morgan fingerprint density at radius 2 is 2.33 bits per heavy atom. The highest BCUT2D eigenvalue weighted by atomic mass is 35.5. The topological polar surface area (TPSA) is 54.0 Å². The van der Waals surface area contributed by atoms with Gasteiger partial charge in [-0.05, 0) is 32.1 Å². The third kappa shape index (κ3) is 4.76. The van der Waals surface area contributed by atoms with Crippen LogP contribution in [-0.2, 0) is 4.79 Å². The van der Waals surface area contributed by atoms with Crippen molar-refractivity contribution in [2.24, 2.45) is 0 Å². The predicted octanol–water partition coefficient (Wildman–Crippen LogP) is 1.67. The van der Waals surface area contributed by atoms with E-state index in [1.54, 1.807) is 18.2 Å². The lowest BCUT2D eigenvalue weighted by atomic mass is 10.3. The van der Waals surface area contributed by atoms with Gasteiger partial charge in [0.1, 0.15) is 11.0 Å². The van der Waals surface area contributed by atoms with E-state index in [9.17, 15) is 4.79 Å². The summed E-state index contributed by atoms with van der Waals surface area (Å²) in [5.74, 6) is 0.456. The monoisotopic (exact) mass is 227 g/mol. The lowest BCUT2D eigenvalue weighted by Gasteiger charge is -2.04. The second-order valence-electron chi connectivity index (χ2n) is 3.10. The molecule has 0 radical (unpaired) electrons. The molecule has 2 N–H and O–H groups in total. The summed E-state index contributed by atoms with van der Waals surface area (Å²) in [6.45, 7) is 0.830. The zero-order valence-corrected chi connectivity index (χ0v) is 9.34. The quantitative estimate of drug-likeness (QED) is 0.595. The second-order valence-corrected chi connectivity index (χ2v) is 3.49. The number of anilines is 1. The van der Waals surface area contributed by atoms with Gasteiger partial charge in [-0.3, -0.25) is 4.79 Å². The first-order valence-corrected chi connectivity index (χ1v) is 5.17. The highest BCUT2D eigenvalue weighted by molar-refractivity contribution is 6.29. The number of halogens is 1. The maximum Gasteiger partial charge on any atom is 0.225 e. The summed E-state index contributed by atoms with van der Waals surface area (Å²) in [4.78, 5) is 15.3. The zero-order valence-electron chi connectivity index (χ0n) is 8.59. The van der Waals surface area contributed by atoms with E-state index >= 15 is 0 Å². The van der Waals surface area contributed by atoms with Crippen LogP contribution < -0.4 is 10.6 Å². The van der Waals surface area contributed by atoms with Crippen molar-refractivity contribution in [3.05, 3.63) is 23.4 Å². The normalized spacial score (nSPS) is 10.0. The lowest BCUT2D eigenvalue weighted by molar-refractivity contribution is -0.116. The molecule has 0 spiro atoms. The lowest BCUT2D eigenvalue weighted by Crippen LogP contribution is -2.15. The molecule has 0 aliphatic carbocycles. The fraction of sp³-hybridized carbons (Fsp3) is 0.400. The fourth-order valence-electron chi connectivity index (χ4n) is 1.11. The van der Waals surface area contributed by atoms with Crippen LogP contribution in [0.15, 0.2) is 18.2 Å². The molecule has 0 fully saturated rings. The van der Waals surface area contributed by atoms with E-state index in [1.807, 2.05) is 7.05 Å². The molecule has 0 bridgehead atoms. The van der Waals surface area contributed by atoms with Crippen LogP contribution in [0.3, 0.4) is 0 Å². The minimum atomic E-state index is -0.0417. The second kappa shape index (κ2) is 6.37. The van der Waals surface area contributed by atoms with E-state index < -0.39 is 0 Å². The maximum atomic E-state index is 11.4. The van der Waals surface area contributed by atoms with Crippen molar-refractivity contribution in [3.63, 3.8) is 0 Å². The molecule has 0 saturated heterocycles. The molecule has 82 valence electrons. The number of carbonyl (C=O) groups excluding carboxylic acids is 1. The fourth-order valence-corrected chi connectivity index (χ4v) is 1.27. The van der Waals surface area contributed by atoms with Gasteiger partial charge in [0.15, 0.2) is 0 Å². The summed E-state index contributed by atoms with van der Waals surface area (Å²) < 4.78 is 0. The van der Waals surface area contributed by atoms with E-state index in [2.05, 4.69) is 15.6 Å². The number of aromatic nitrogens is 1. The minimum absolute atomic E-state index is 0.0417.